The van der Waals surface area contributed by atoms with Crippen LogP contribution in [0.15, 0.2) is 42.5 Å². The Balaban J connectivity index is 2.06. The Hall–Kier alpha value is -3.59. The highest BCUT2D eigenvalue weighted by atomic mass is 35.5. The molecule has 1 aliphatic rings. The number of ether oxygens (including phenoxy) is 4. The molecule has 204 valence electrons. The number of carbonyl (C=O) groups is 4. The number of aromatic hydroxyl groups is 1. The predicted octanol–water partition coefficient (Wildman–Crippen LogP) is 4.10. The molecule has 0 saturated heterocycles. The van der Waals surface area contributed by atoms with Crippen LogP contribution in [0.3, 0.4) is 0 Å². The van der Waals surface area contributed by atoms with Gasteiger partial charge in [-0.1, -0.05) is 35.9 Å². The van der Waals surface area contributed by atoms with Gasteiger partial charge in [0.2, 0.25) is 0 Å². The first-order chi connectivity index (χ1) is 17.9. The molecular weight excluding hydrogens is 516 g/mol. The molecule has 0 radical (unpaired) electrons. The van der Waals surface area contributed by atoms with Crippen molar-refractivity contribution in [3.8, 4) is 5.75 Å². The van der Waals surface area contributed by atoms with Crippen LogP contribution in [0.1, 0.15) is 56.7 Å². The van der Waals surface area contributed by atoms with Crippen LogP contribution in [-0.4, -0.2) is 53.9 Å². The summed E-state index contributed by atoms with van der Waals surface area (Å²) in [5, 5.41) is 10.1. The maximum atomic E-state index is 12.2. The van der Waals surface area contributed by atoms with Gasteiger partial charge in [0, 0.05) is 44.6 Å². The number of rotatable bonds is 8. The highest BCUT2D eigenvalue weighted by Gasteiger charge is 2.51. The van der Waals surface area contributed by atoms with E-state index in [0.717, 1.165) is 16.7 Å². The molecule has 0 spiro atoms. The second kappa shape index (κ2) is 12.8. The lowest BCUT2D eigenvalue weighted by Crippen LogP contribution is -2.56. The van der Waals surface area contributed by atoms with Gasteiger partial charge in [-0.3, -0.25) is 19.2 Å². The average Bonchev–Trinajstić information content (AvgIpc) is 2.82. The second-order valence-electron chi connectivity index (χ2n) is 9.32. The van der Waals surface area contributed by atoms with Crippen molar-refractivity contribution in [2.45, 2.75) is 64.8 Å². The summed E-state index contributed by atoms with van der Waals surface area (Å²) in [6.45, 7) is 4.84. The molecule has 9 nitrogen and oxygen atoms in total. The molecule has 0 unspecified atom stereocenters. The van der Waals surface area contributed by atoms with Gasteiger partial charge in [-0.2, -0.15) is 0 Å². The smallest absolute Gasteiger partial charge is 0.303 e. The summed E-state index contributed by atoms with van der Waals surface area (Å²) in [7, 11) is 0. The molecule has 5 atom stereocenters. The van der Waals surface area contributed by atoms with Gasteiger partial charge in [0.1, 0.15) is 18.0 Å². The minimum Gasteiger partial charge on any atom is -0.508 e. The minimum atomic E-state index is -1.14. The molecule has 38 heavy (non-hydrogen) atoms. The fourth-order valence-electron chi connectivity index (χ4n) is 4.81. The van der Waals surface area contributed by atoms with E-state index in [2.05, 4.69) is 0 Å². The standard InChI is InChI=1S/C28H31ClO9/c1-15(30)35-14-22-13-24(27(37-17(3)32)28(38-18(4)33)26(22)36-16(2)31)20-7-10-25(29)21(12-20)11-19-5-8-23(34)9-6-19/h5-10,12,22,24,26-28,34H,11,13-14H2,1-4H3/t22-,24+,26-,27+,28+/m1/s1. The van der Waals surface area contributed by atoms with E-state index in [4.69, 9.17) is 30.5 Å². The summed E-state index contributed by atoms with van der Waals surface area (Å²) in [5.74, 6) is -3.31. The number of hydrogen-bond donors (Lipinski definition) is 1. The van der Waals surface area contributed by atoms with Gasteiger partial charge < -0.3 is 24.1 Å². The van der Waals surface area contributed by atoms with Gasteiger partial charge in [0.05, 0.1) is 6.61 Å². The van der Waals surface area contributed by atoms with Crippen molar-refractivity contribution in [2.75, 3.05) is 6.61 Å². The molecule has 1 N–H and O–H groups in total. The van der Waals surface area contributed by atoms with Crippen molar-refractivity contribution in [2.24, 2.45) is 5.92 Å². The molecule has 0 bridgehead atoms. The Morgan fingerprint density at radius 2 is 1.39 bits per heavy atom. The number of phenolic OH excluding ortho intramolecular Hbond substituents is 1. The van der Waals surface area contributed by atoms with E-state index < -0.39 is 54.0 Å². The van der Waals surface area contributed by atoms with Crippen molar-refractivity contribution in [3.05, 3.63) is 64.2 Å². The lowest BCUT2D eigenvalue weighted by Gasteiger charge is -2.44. The molecule has 1 aliphatic carbocycles. The fraction of sp³-hybridized carbons (Fsp3) is 0.429. The zero-order valence-corrected chi connectivity index (χ0v) is 22.4. The Morgan fingerprint density at radius 1 is 0.816 bits per heavy atom. The third-order valence-corrected chi connectivity index (χ3v) is 6.67. The summed E-state index contributed by atoms with van der Waals surface area (Å²) < 4.78 is 22.1. The highest BCUT2D eigenvalue weighted by Crippen LogP contribution is 2.42. The Morgan fingerprint density at radius 3 is 1.97 bits per heavy atom. The highest BCUT2D eigenvalue weighted by molar-refractivity contribution is 6.31. The minimum absolute atomic E-state index is 0.0949. The zero-order chi connectivity index (χ0) is 28.0. The zero-order valence-electron chi connectivity index (χ0n) is 21.6. The van der Waals surface area contributed by atoms with E-state index in [1.807, 2.05) is 6.07 Å². The van der Waals surface area contributed by atoms with E-state index in [0.29, 0.717) is 17.9 Å². The SMILES string of the molecule is CC(=O)OC[C@H]1C[C@@H](c2ccc(Cl)c(Cc3ccc(O)cc3)c2)[C@H](OC(C)=O)[C@@H](OC(C)=O)[C@@H]1OC(C)=O. The number of halogens is 1. The molecule has 1 fully saturated rings. The van der Waals surface area contributed by atoms with Crippen molar-refractivity contribution in [3.63, 3.8) is 0 Å². The first kappa shape index (κ1) is 29.0. The van der Waals surface area contributed by atoms with Gasteiger partial charge in [-0.25, -0.2) is 0 Å². The van der Waals surface area contributed by atoms with Crippen LogP contribution in [-0.2, 0) is 44.5 Å². The van der Waals surface area contributed by atoms with E-state index in [1.54, 1.807) is 36.4 Å². The van der Waals surface area contributed by atoms with Crippen LogP contribution in [0.5, 0.6) is 5.75 Å². The number of carbonyl (C=O) groups excluding carboxylic acids is 4. The molecule has 3 rings (SSSR count). The summed E-state index contributed by atoms with van der Waals surface area (Å²) in [6, 6.07) is 12.2. The van der Waals surface area contributed by atoms with E-state index >= 15 is 0 Å². The lowest BCUT2D eigenvalue weighted by atomic mass is 9.72. The van der Waals surface area contributed by atoms with Crippen LogP contribution < -0.4 is 0 Å². The summed E-state index contributed by atoms with van der Waals surface area (Å²) >= 11 is 6.51. The van der Waals surface area contributed by atoms with E-state index in [1.165, 1.54) is 27.7 Å². The maximum Gasteiger partial charge on any atom is 0.303 e. The fourth-order valence-corrected chi connectivity index (χ4v) is 4.99. The average molecular weight is 547 g/mol. The molecule has 2 aromatic carbocycles. The summed E-state index contributed by atoms with van der Waals surface area (Å²) in [4.78, 5) is 47.8. The molecule has 0 aromatic heterocycles. The first-order valence-corrected chi connectivity index (χ1v) is 12.5. The van der Waals surface area contributed by atoms with Crippen LogP contribution >= 0.6 is 11.6 Å². The Labute approximate surface area is 226 Å². The second-order valence-corrected chi connectivity index (χ2v) is 9.73. The van der Waals surface area contributed by atoms with Gasteiger partial charge in [0.25, 0.3) is 0 Å². The molecule has 0 aliphatic heterocycles. The molecule has 10 heteroatoms. The molecular formula is C28H31ClO9. The third-order valence-electron chi connectivity index (χ3n) is 6.30. The van der Waals surface area contributed by atoms with Crippen molar-refractivity contribution >= 4 is 35.5 Å². The summed E-state index contributed by atoms with van der Waals surface area (Å²) in [6.07, 6.45) is -2.38. The van der Waals surface area contributed by atoms with Gasteiger partial charge >= 0.3 is 23.9 Å². The van der Waals surface area contributed by atoms with Gasteiger partial charge in [-0.05, 0) is 47.7 Å². The topological polar surface area (TPSA) is 125 Å². The Kier molecular flexibility index (Phi) is 9.74. The summed E-state index contributed by atoms with van der Waals surface area (Å²) in [5.41, 5.74) is 2.46. The lowest BCUT2D eigenvalue weighted by molar-refractivity contribution is -0.202. The predicted molar refractivity (Wildman–Crippen MR) is 137 cm³/mol. The number of phenols is 1. The van der Waals surface area contributed by atoms with Crippen LogP contribution in [0, 0.1) is 5.92 Å². The van der Waals surface area contributed by atoms with Crippen molar-refractivity contribution < 1.29 is 43.2 Å². The quantitative estimate of drug-likeness (QED) is 0.384. The van der Waals surface area contributed by atoms with E-state index in [-0.39, 0.29) is 12.4 Å². The molecule has 2 aromatic rings. The molecule has 1 saturated carbocycles. The normalized spacial score (nSPS) is 22.7. The number of hydrogen-bond acceptors (Lipinski definition) is 9. The van der Waals surface area contributed by atoms with Crippen LogP contribution in [0.4, 0.5) is 0 Å². The van der Waals surface area contributed by atoms with E-state index in [9.17, 15) is 24.3 Å². The number of esters is 4. The monoisotopic (exact) mass is 546 g/mol. The number of benzene rings is 2. The largest absolute Gasteiger partial charge is 0.508 e. The van der Waals surface area contributed by atoms with Gasteiger partial charge in [-0.15, -0.1) is 0 Å². The molecule has 0 amide bonds. The van der Waals surface area contributed by atoms with Crippen LogP contribution in [0.25, 0.3) is 0 Å². The van der Waals surface area contributed by atoms with Crippen molar-refractivity contribution in [1.29, 1.82) is 0 Å². The van der Waals surface area contributed by atoms with Crippen LogP contribution in [0.2, 0.25) is 5.02 Å². The Bertz CT molecular complexity index is 1180. The molecule has 0 heterocycles. The third kappa shape index (κ3) is 7.71. The van der Waals surface area contributed by atoms with Gasteiger partial charge in [0.15, 0.2) is 6.10 Å². The maximum absolute atomic E-state index is 12.2. The van der Waals surface area contributed by atoms with Crippen molar-refractivity contribution in [1.82, 2.24) is 0 Å². The first-order valence-electron chi connectivity index (χ1n) is 12.2.